The van der Waals surface area contributed by atoms with Crippen LogP contribution in [0.5, 0.6) is 11.5 Å². The maximum atomic E-state index is 12.8. The van der Waals surface area contributed by atoms with E-state index in [1.807, 2.05) is 0 Å². The zero-order valence-electron chi connectivity index (χ0n) is 18.0. The number of nitrogens with zero attached hydrogens (tertiary/aromatic N) is 1. The van der Waals surface area contributed by atoms with Crippen molar-refractivity contribution in [3.8, 4) is 23.0 Å². The van der Waals surface area contributed by atoms with Crippen molar-refractivity contribution >= 4 is 17.6 Å². The Morgan fingerprint density at radius 2 is 1.77 bits per heavy atom. The Labute approximate surface area is 179 Å². The number of carbonyl (C=O) groups is 2. The van der Waals surface area contributed by atoms with Gasteiger partial charge >= 0.3 is 5.97 Å². The fourth-order valence-electron chi connectivity index (χ4n) is 2.59. The second-order valence-electron chi connectivity index (χ2n) is 7.69. The van der Waals surface area contributed by atoms with Crippen LogP contribution in [0.1, 0.15) is 36.8 Å². The summed E-state index contributed by atoms with van der Waals surface area (Å²) >= 11 is 0. The monoisotopic (exact) mass is 428 g/mol. The van der Waals surface area contributed by atoms with Crippen molar-refractivity contribution < 1.29 is 32.7 Å². The van der Waals surface area contributed by atoms with Gasteiger partial charge in [0.15, 0.2) is 17.3 Å². The number of hydrogen-bond acceptors (Lipinski definition) is 8. The number of furan rings is 1. The minimum atomic E-state index is -0.673. The molecule has 0 aliphatic carbocycles. The molecule has 0 aliphatic heterocycles. The molecule has 9 nitrogen and oxygen atoms in total. The van der Waals surface area contributed by atoms with Crippen molar-refractivity contribution in [1.82, 2.24) is 5.16 Å². The lowest BCUT2D eigenvalue weighted by molar-refractivity contribution is -0.123. The van der Waals surface area contributed by atoms with Gasteiger partial charge < -0.3 is 28.5 Å². The van der Waals surface area contributed by atoms with E-state index in [1.54, 1.807) is 39.0 Å². The zero-order valence-corrected chi connectivity index (χ0v) is 18.0. The van der Waals surface area contributed by atoms with E-state index in [1.165, 1.54) is 32.6 Å². The lowest BCUT2D eigenvalue weighted by atomic mass is 9.95. The number of nitrogens with one attached hydrogen (secondary N) is 1. The molecular formula is C22H24N2O7. The van der Waals surface area contributed by atoms with E-state index < -0.39 is 11.4 Å². The van der Waals surface area contributed by atoms with Gasteiger partial charge in [0.05, 0.1) is 31.7 Å². The molecular weight excluding hydrogens is 404 g/mol. The predicted octanol–water partition coefficient (Wildman–Crippen LogP) is 4.29. The minimum absolute atomic E-state index is 0.116. The normalized spacial score (nSPS) is 11.1. The molecule has 2 aromatic heterocycles. The summed E-state index contributed by atoms with van der Waals surface area (Å²) in [7, 11) is 2.91. The molecule has 2 heterocycles. The van der Waals surface area contributed by atoms with Crippen LogP contribution in [-0.2, 0) is 16.1 Å². The number of ether oxygens (including phenoxy) is 3. The molecule has 9 heteroatoms. The van der Waals surface area contributed by atoms with Crippen molar-refractivity contribution in [3.63, 3.8) is 0 Å². The number of amides is 1. The molecule has 0 bridgehead atoms. The molecule has 0 spiro atoms. The molecule has 3 rings (SSSR count). The SMILES string of the molecule is COc1cc(NC(=O)C(C)(C)C)c(C(=O)OCc2cc(-c3ccco3)on2)cc1OC. The van der Waals surface area contributed by atoms with Crippen molar-refractivity contribution in [2.24, 2.45) is 5.41 Å². The molecule has 31 heavy (non-hydrogen) atoms. The lowest BCUT2D eigenvalue weighted by Crippen LogP contribution is -2.28. The molecule has 3 aromatic rings. The molecule has 0 atom stereocenters. The van der Waals surface area contributed by atoms with E-state index in [2.05, 4.69) is 10.5 Å². The van der Waals surface area contributed by atoms with Gasteiger partial charge in [0.25, 0.3) is 0 Å². The molecule has 1 aromatic carbocycles. The average Bonchev–Trinajstić information content (AvgIpc) is 3.42. The van der Waals surface area contributed by atoms with Gasteiger partial charge in [-0.1, -0.05) is 25.9 Å². The molecule has 1 amide bonds. The van der Waals surface area contributed by atoms with Gasteiger partial charge in [0, 0.05) is 23.6 Å². The molecule has 1 N–H and O–H groups in total. The van der Waals surface area contributed by atoms with E-state index in [-0.39, 0.29) is 23.8 Å². The number of benzene rings is 1. The van der Waals surface area contributed by atoms with Crippen molar-refractivity contribution in [2.75, 3.05) is 19.5 Å². The van der Waals surface area contributed by atoms with Crippen LogP contribution in [0.15, 0.2) is 45.5 Å². The van der Waals surface area contributed by atoms with Gasteiger partial charge in [-0.3, -0.25) is 4.79 Å². The molecule has 0 aliphatic rings. The first-order valence-electron chi connectivity index (χ1n) is 9.47. The van der Waals surface area contributed by atoms with Gasteiger partial charge in [0.1, 0.15) is 12.3 Å². The van der Waals surface area contributed by atoms with Crippen LogP contribution >= 0.6 is 0 Å². The summed E-state index contributed by atoms with van der Waals surface area (Å²) in [5.41, 5.74) is 0.0987. The number of aromatic nitrogens is 1. The Hall–Kier alpha value is -3.75. The summed E-state index contributed by atoms with van der Waals surface area (Å²) in [5, 5.41) is 6.63. The topological polar surface area (TPSA) is 113 Å². The van der Waals surface area contributed by atoms with Crippen molar-refractivity contribution in [2.45, 2.75) is 27.4 Å². The highest BCUT2D eigenvalue weighted by atomic mass is 16.5. The third-order valence-electron chi connectivity index (χ3n) is 4.35. The predicted molar refractivity (Wildman–Crippen MR) is 111 cm³/mol. The molecule has 0 fully saturated rings. The van der Waals surface area contributed by atoms with E-state index in [0.29, 0.717) is 28.7 Å². The number of methoxy groups -OCH3 is 2. The van der Waals surface area contributed by atoms with Crippen molar-refractivity contribution in [1.29, 1.82) is 0 Å². The fraction of sp³-hybridized carbons (Fsp3) is 0.318. The van der Waals surface area contributed by atoms with Crippen LogP contribution in [0.4, 0.5) is 5.69 Å². The van der Waals surface area contributed by atoms with Crippen LogP contribution in [-0.4, -0.2) is 31.3 Å². The van der Waals surface area contributed by atoms with Gasteiger partial charge in [-0.05, 0) is 12.1 Å². The van der Waals surface area contributed by atoms with Gasteiger partial charge in [-0.15, -0.1) is 0 Å². The Kier molecular flexibility index (Phi) is 6.33. The van der Waals surface area contributed by atoms with E-state index in [4.69, 9.17) is 23.2 Å². The minimum Gasteiger partial charge on any atom is -0.493 e. The smallest absolute Gasteiger partial charge is 0.340 e. The maximum Gasteiger partial charge on any atom is 0.340 e. The highest BCUT2D eigenvalue weighted by Gasteiger charge is 2.25. The van der Waals surface area contributed by atoms with Crippen LogP contribution in [0, 0.1) is 5.41 Å². The molecule has 0 saturated heterocycles. The quantitative estimate of drug-likeness (QED) is 0.555. The first-order chi connectivity index (χ1) is 14.7. The third-order valence-corrected chi connectivity index (χ3v) is 4.35. The molecule has 164 valence electrons. The second-order valence-corrected chi connectivity index (χ2v) is 7.69. The third kappa shape index (κ3) is 5.06. The van der Waals surface area contributed by atoms with Crippen molar-refractivity contribution in [3.05, 3.63) is 47.9 Å². The Morgan fingerprint density at radius 1 is 1.06 bits per heavy atom. The molecule has 0 radical (unpaired) electrons. The number of carbonyl (C=O) groups excluding carboxylic acids is 2. The van der Waals surface area contributed by atoms with E-state index in [0.717, 1.165) is 0 Å². The maximum absolute atomic E-state index is 12.8. The van der Waals surface area contributed by atoms with Crippen LogP contribution in [0.2, 0.25) is 0 Å². The summed E-state index contributed by atoms with van der Waals surface area (Å²) < 4.78 is 26.4. The second kappa shape index (κ2) is 8.95. The molecule has 0 unspecified atom stereocenters. The summed E-state index contributed by atoms with van der Waals surface area (Å²) in [6, 6.07) is 8.04. The van der Waals surface area contributed by atoms with Crippen LogP contribution in [0.3, 0.4) is 0 Å². The largest absolute Gasteiger partial charge is 0.493 e. The van der Waals surface area contributed by atoms with Gasteiger partial charge in [-0.25, -0.2) is 4.79 Å². The zero-order chi connectivity index (χ0) is 22.6. The summed E-state index contributed by atoms with van der Waals surface area (Å²) in [4.78, 5) is 25.3. The summed E-state index contributed by atoms with van der Waals surface area (Å²) in [5.74, 6) is 0.672. The number of esters is 1. The number of anilines is 1. The lowest BCUT2D eigenvalue weighted by Gasteiger charge is -2.20. The Balaban J connectivity index is 1.82. The molecule has 0 saturated carbocycles. The van der Waals surface area contributed by atoms with E-state index in [9.17, 15) is 9.59 Å². The average molecular weight is 428 g/mol. The van der Waals surface area contributed by atoms with E-state index >= 15 is 0 Å². The number of hydrogen-bond donors (Lipinski definition) is 1. The standard InChI is InChI=1S/C22H24N2O7/c1-22(2,3)21(26)23-15-11-18(28-5)17(27-4)10-14(15)20(25)30-12-13-9-19(31-24-13)16-7-6-8-29-16/h6-11H,12H2,1-5H3,(H,23,26). The number of rotatable bonds is 7. The Morgan fingerprint density at radius 3 is 2.39 bits per heavy atom. The first-order valence-corrected chi connectivity index (χ1v) is 9.47. The Bertz CT molecular complexity index is 1060. The van der Waals surface area contributed by atoms with Crippen LogP contribution in [0.25, 0.3) is 11.5 Å². The fourth-order valence-corrected chi connectivity index (χ4v) is 2.59. The summed E-state index contributed by atoms with van der Waals surface area (Å²) in [6.07, 6.45) is 1.52. The highest BCUT2D eigenvalue weighted by molar-refractivity contribution is 6.03. The van der Waals surface area contributed by atoms with Gasteiger partial charge in [-0.2, -0.15) is 0 Å². The highest BCUT2D eigenvalue weighted by Crippen LogP contribution is 2.34. The van der Waals surface area contributed by atoms with Crippen LogP contribution < -0.4 is 14.8 Å². The van der Waals surface area contributed by atoms with Gasteiger partial charge in [0.2, 0.25) is 11.7 Å². The summed E-state index contributed by atoms with van der Waals surface area (Å²) in [6.45, 7) is 5.16. The first kappa shape index (κ1) is 21.9.